The molecule has 0 unspecified atom stereocenters. The summed E-state index contributed by atoms with van der Waals surface area (Å²) in [6.07, 6.45) is 10.8. The first-order valence-electron chi connectivity index (χ1n) is 14.1. The number of pyridine rings is 2. The number of aromatic carboxylic acids is 1. The second kappa shape index (κ2) is 17.6. The Balaban J connectivity index is 0.000000216. The summed E-state index contributed by atoms with van der Waals surface area (Å²) in [5.74, 6) is -1.22. The number of carboxylic acid groups (broad SMARTS) is 1. The third-order valence-electron chi connectivity index (χ3n) is 6.97. The molecular formula is C29H44N6O4. The lowest BCUT2D eigenvalue weighted by molar-refractivity contribution is 0.0599. The molecule has 0 aliphatic carbocycles. The van der Waals surface area contributed by atoms with Crippen LogP contribution >= 0.6 is 0 Å². The monoisotopic (exact) mass is 540 g/mol. The summed E-state index contributed by atoms with van der Waals surface area (Å²) < 4.78 is 4.70. The molecule has 0 bridgehead atoms. The number of carbonyl (C=O) groups excluding carboxylic acids is 1. The van der Waals surface area contributed by atoms with Crippen LogP contribution in [0.15, 0.2) is 36.7 Å². The van der Waals surface area contributed by atoms with Gasteiger partial charge in [0.15, 0.2) is 0 Å². The number of nitrogens with one attached hydrogen (secondary N) is 2. The fourth-order valence-electron chi connectivity index (χ4n) is 4.83. The van der Waals surface area contributed by atoms with Crippen molar-refractivity contribution in [2.75, 3.05) is 59.5 Å². The third kappa shape index (κ3) is 11.8. The van der Waals surface area contributed by atoms with Crippen LogP contribution in [0, 0.1) is 0 Å². The fourth-order valence-corrected chi connectivity index (χ4v) is 4.83. The van der Waals surface area contributed by atoms with Gasteiger partial charge >= 0.3 is 11.9 Å². The van der Waals surface area contributed by atoms with Crippen LogP contribution in [0.1, 0.15) is 70.6 Å². The third-order valence-corrected chi connectivity index (χ3v) is 6.97. The van der Waals surface area contributed by atoms with Gasteiger partial charge in [-0.3, -0.25) is 9.97 Å². The van der Waals surface area contributed by atoms with Gasteiger partial charge in [0.2, 0.25) is 0 Å². The van der Waals surface area contributed by atoms with Crippen LogP contribution < -0.4 is 10.6 Å². The minimum absolute atomic E-state index is 0.295. The van der Waals surface area contributed by atoms with Crippen molar-refractivity contribution in [2.24, 2.45) is 0 Å². The molecule has 10 heteroatoms. The lowest BCUT2D eigenvalue weighted by atomic mass is 10.2. The molecule has 2 aliphatic heterocycles. The smallest absolute Gasteiger partial charge is 0.337 e. The molecule has 0 atom stereocenters. The first-order valence-corrected chi connectivity index (χ1v) is 14.1. The average molecular weight is 541 g/mol. The number of aromatic nitrogens is 2. The number of nitrogens with zero attached hydrogens (tertiary/aromatic N) is 4. The van der Waals surface area contributed by atoms with Gasteiger partial charge in [0.25, 0.3) is 0 Å². The van der Waals surface area contributed by atoms with E-state index in [-0.39, 0.29) is 5.97 Å². The van der Waals surface area contributed by atoms with Crippen LogP contribution in [0.25, 0.3) is 0 Å². The summed E-state index contributed by atoms with van der Waals surface area (Å²) in [4.78, 5) is 35.6. The second-order valence-corrected chi connectivity index (χ2v) is 10.0. The first-order chi connectivity index (χ1) is 19.0. The zero-order valence-electron chi connectivity index (χ0n) is 23.2. The van der Waals surface area contributed by atoms with Gasteiger partial charge in [-0.1, -0.05) is 0 Å². The summed E-state index contributed by atoms with van der Waals surface area (Å²) in [6.45, 7) is 10.5. The van der Waals surface area contributed by atoms with Crippen molar-refractivity contribution in [3.63, 3.8) is 0 Å². The highest BCUT2D eigenvalue weighted by Gasteiger charge is 2.11. The Bertz CT molecular complexity index is 1010. The molecule has 2 saturated heterocycles. The van der Waals surface area contributed by atoms with Crippen molar-refractivity contribution in [3.05, 3.63) is 59.2 Å². The number of carbonyl (C=O) groups is 2. The lowest BCUT2D eigenvalue weighted by Gasteiger charge is -2.14. The number of esters is 1. The van der Waals surface area contributed by atoms with Crippen LogP contribution in [-0.2, 0) is 17.8 Å². The highest BCUT2D eigenvalue weighted by Crippen LogP contribution is 2.08. The maximum Gasteiger partial charge on any atom is 0.337 e. The van der Waals surface area contributed by atoms with E-state index in [4.69, 9.17) is 9.84 Å². The molecule has 2 aromatic heterocycles. The van der Waals surface area contributed by atoms with Gasteiger partial charge in [-0.25, -0.2) is 9.59 Å². The van der Waals surface area contributed by atoms with E-state index in [2.05, 4.69) is 30.4 Å². The van der Waals surface area contributed by atoms with E-state index in [0.29, 0.717) is 24.2 Å². The highest BCUT2D eigenvalue weighted by molar-refractivity contribution is 5.89. The van der Waals surface area contributed by atoms with Crippen LogP contribution in [0.2, 0.25) is 0 Å². The molecule has 4 rings (SSSR count). The fraction of sp³-hybridized carbons (Fsp3) is 0.586. The molecule has 214 valence electrons. The van der Waals surface area contributed by atoms with Gasteiger partial charge in [0, 0.05) is 25.5 Å². The maximum absolute atomic E-state index is 11.4. The van der Waals surface area contributed by atoms with E-state index in [1.54, 1.807) is 30.6 Å². The summed E-state index contributed by atoms with van der Waals surface area (Å²) in [5.41, 5.74) is 2.50. The predicted octanol–water partition coefficient (Wildman–Crippen LogP) is 2.80. The Hall–Kier alpha value is -2.92. The van der Waals surface area contributed by atoms with Crippen LogP contribution in [0.4, 0.5) is 0 Å². The number of ether oxygens (including phenoxy) is 1. The first kappa shape index (κ1) is 30.6. The minimum Gasteiger partial charge on any atom is -0.478 e. The zero-order valence-corrected chi connectivity index (χ0v) is 23.2. The molecule has 0 amide bonds. The van der Waals surface area contributed by atoms with E-state index in [9.17, 15) is 9.59 Å². The van der Waals surface area contributed by atoms with E-state index in [1.807, 2.05) is 0 Å². The number of carboxylic acids is 1. The molecule has 2 aliphatic rings. The van der Waals surface area contributed by atoms with Crippen LogP contribution in [0.3, 0.4) is 0 Å². The molecule has 0 saturated carbocycles. The van der Waals surface area contributed by atoms with E-state index in [0.717, 1.165) is 43.9 Å². The van der Waals surface area contributed by atoms with Gasteiger partial charge in [0.05, 0.1) is 29.6 Å². The predicted molar refractivity (Wildman–Crippen MR) is 151 cm³/mol. The minimum atomic E-state index is -0.905. The number of rotatable bonds is 14. The summed E-state index contributed by atoms with van der Waals surface area (Å²) in [7, 11) is 1.39. The van der Waals surface area contributed by atoms with E-state index >= 15 is 0 Å². The maximum atomic E-state index is 11.4. The molecule has 0 aromatic carbocycles. The molecule has 2 fully saturated rings. The molecule has 2 aromatic rings. The normalized spacial score (nSPS) is 15.6. The Morgan fingerprint density at radius 1 is 0.821 bits per heavy atom. The second-order valence-electron chi connectivity index (χ2n) is 10.0. The van der Waals surface area contributed by atoms with Gasteiger partial charge in [-0.15, -0.1) is 0 Å². The van der Waals surface area contributed by atoms with Crippen LogP contribution in [0.5, 0.6) is 0 Å². The largest absolute Gasteiger partial charge is 0.478 e. The van der Waals surface area contributed by atoms with Crippen LogP contribution in [-0.4, -0.2) is 96.3 Å². The summed E-state index contributed by atoms with van der Waals surface area (Å²) in [6, 6.07) is 6.58. The molecule has 4 heterocycles. The van der Waals surface area contributed by atoms with Gasteiger partial charge in [-0.2, -0.15) is 0 Å². The number of hydrogen-bond acceptors (Lipinski definition) is 9. The highest BCUT2D eigenvalue weighted by atomic mass is 16.5. The average Bonchev–Trinajstić information content (AvgIpc) is 3.68. The molecular weight excluding hydrogens is 496 g/mol. The molecule has 39 heavy (non-hydrogen) atoms. The van der Waals surface area contributed by atoms with Crippen molar-refractivity contribution in [3.8, 4) is 0 Å². The van der Waals surface area contributed by atoms with E-state index in [1.165, 1.54) is 71.6 Å². The molecule has 3 N–H and O–H groups in total. The molecule has 0 radical (unpaired) electrons. The number of methoxy groups -OCH3 is 1. The number of hydrogen-bond donors (Lipinski definition) is 3. The van der Waals surface area contributed by atoms with Crippen molar-refractivity contribution >= 4 is 11.9 Å². The lowest BCUT2D eigenvalue weighted by Crippen LogP contribution is -2.24. The Kier molecular flexibility index (Phi) is 13.8. The topological polar surface area (TPSA) is 120 Å². The van der Waals surface area contributed by atoms with Gasteiger partial charge in [-0.05, 0) is 115 Å². The quantitative estimate of drug-likeness (QED) is 0.244. The van der Waals surface area contributed by atoms with Crippen molar-refractivity contribution < 1.29 is 19.4 Å². The SMILES string of the molecule is COC(=O)c1ccnc(CNCCCN2CCCC2)c1.O=C(O)c1ccnc(CNCCCN2CCCC2)c1. The van der Waals surface area contributed by atoms with E-state index < -0.39 is 5.97 Å². The Labute approximate surface area is 232 Å². The standard InChI is InChI=1S/C15H23N3O2.C14H21N3O2/c1-20-15(19)13-5-7-17-14(11-13)12-16-6-4-10-18-8-2-3-9-18;18-14(19)12-4-6-16-13(10-12)11-15-5-3-9-17-7-1-2-8-17/h5,7,11,16H,2-4,6,8-10,12H2,1H3;4,6,10,15H,1-3,5,7-9,11H2,(H,18,19). The van der Waals surface area contributed by atoms with Crippen molar-refractivity contribution in [1.29, 1.82) is 0 Å². The summed E-state index contributed by atoms with van der Waals surface area (Å²) in [5, 5.41) is 15.6. The Morgan fingerprint density at radius 2 is 1.28 bits per heavy atom. The van der Waals surface area contributed by atoms with Gasteiger partial charge in [0.1, 0.15) is 0 Å². The summed E-state index contributed by atoms with van der Waals surface area (Å²) >= 11 is 0. The van der Waals surface area contributed by atoms with Gasteiger partial charge < -0.3 is 30.3 Å². The Morgan fingerprint density at radius 3 is 1.74 bits per heavy atom. The zero-order chi connectivity index (χ0) is 27.7. The van der Waals surface area contributed by atoms with Crippen molar-refractivity contribution in [2.45, 2.75) is 51.6 Å². The van der Waals surface area contributed by atoms with Crippen molar-refractivity contribution in [1.82, 2.24) is 30.4 Å². The molecule has 10 nitrogen and oxygen atoms in total. The number of likely N-dealkylation sites (tertiary alicyclic amines) is 2. The molecule has 0 spiro atoms.